The molecule has 0 spiro atoms. The fourth-order valence-electron chi connectivity index (χ4n) is 2.54. The van der Waals surface area contributed by atoms with E-state index in [2.05, 4.69) is 20.4 Å². The molecule has 6 heteroatoms. The lowest BCUT2D eigenvalue weighted by molar-refractivity contribution is 0.550. The SMILES string of the molecule is CCNCc1c(F)cccc1N1CCn2cnnc2C1. The quantitative estimate of drug-likeness (QED) is 0.919. The first-order valence-electron chi connectivity index (χ1n) is 6.89. The fraction of sp³-hybridized carbons (Fsp3) is 0.429. The van der Waals surface area contributed by atoms with Crippen LogP contribution >= 0.6 is 0 Å². The maximum Gasteiger partial charge on any atom is 0.152 e. The molecule has 0 fully saturated rings. The van der Waals surface area contributed by atoms with Crippen LogP contribution in [0.5, 0.6) is 0 Å². The second-order valence-corrected chi connectivity index (χ2v) is 4.88. The third kappa shape index (κ3) is 2.38. The normalized spacial score (nSPS) is 14.4. The number of benzene rings is 1. The van der Waals surface area contributed by atoms with Gasteiger partial charge in [-0.2, -0.15) is 0 Å². The van der Waals surface area contributed by atoms with Gasteiger partial charge in [0.1, 0.15) is 12.1 Å². The molecule has 3 rings (SSSR count). The molecule has 1 N–H and O–H groups in total. The van der Waals surface area contributed by atoms with Crippen LogP contribution in [0.1, 0.15) is 18.3 Å². The van der Waals surface area contributed by atoms with Crippen LogP contribution in [0.25, 0.3) is 0 Å². The van der Waals surface area contributed by atoms with E-state index in [-0.39, 0.29) is 5.82 Å². The van der Waals surface area contributed by atoms with Crippen LogP contribution in [0.15, 0.2) is 24.5 Å². The number of fused-ring (bicyclic) bond motifs is 1. The van der Waals surface area contributed by atoms with E-state index in [9.17, 15) is 4.39 Å². The van der Waals surface area contributed by atoms with Gasteiger partial charge in [-0.05, 0) is 18.7 Å². The largest absolute Gasteiger partial charge is 0.362 e. The fourth-order valence-corrected chi connectivity index (χ4v) is 2.54. The van der Waals surface area contributed by atoms with Gasteiger partial charge in [0.15, 0.2) is 5.82 Å². The molecule has 0 unspecified atom stereocenters. The number of hydrogen-bond donors (Lipinski definition) is 1. The molecular weight excluding hydrogens is 257 g/mol. The summed E-state index contributed by atoms with van der Waals surface area (Å²) in [6, 6.07) is 5.25. The van der Waals surface area contributed by atoms with E-state index in [4.69, 9.17) is 0 Å². The van der Waals surface area contributed by atoms with Crippen molar-refractivity contribution in [2.24, 2.45) is 0 Å². The zero-order chi connectivity index (χ0) is 13.9. The molecule has 1 aliphatic rings. The Bertz CT molecular complexity index is 595. The lowest BCUT2D eigenvalue weighted by atomic mass is 10.1. The van der Waals surface area contributed by atoms with Crippen LogP contribution in [0.4, 0.5) is 10.1 Å². The number of halogens is 1. The number of nitrogens with zero attached hydrogens (tertiary/aromatic N) is 4. The molecule has 1 aromatic carbocycles. The van der Waals surface area contributed by atoms with E-state index in [0.29, 0.717) is 13.1 Å². The van der Waals surface area contributed by atoms with Crippen molar-refractivity contribution in [2.75, 3.05) is 18.0 Å². The standard InChI is InChI=1S/C14H18FN5/c1-2-16-8-11-12(15)4-3-5-13(11)19-6-7-20-10-17-18-14(20)9-19/h3-5,10,16H,2,6-9H2,1H3. The van der Waals surface area contributed by atoms with Gasteiger partial charge in [-0.15, -0.1) is 10.2 Å². The maximum atomic E-state index is 14.1. The number of anilines is 1. The van der Waals surface area contributed by atoms with Crippen LogP contribution in [0.2, 0.25) is 0 Å². The molecule has 0 saturated heterocycles. The molecule has 0 aliphatic carbocycles. The third-order valence-electron chi connectivity index (χ3n) is 3.63. The minimum Gasteiger partial charge on any atom is -0.362 e. The molecule has 0 radical (unpaired) electrons. The van der Waals surface area contributed by atoms with Crippen LogP contribution in [0, 0.1) is 5.82 Å². The lowest BCUT2D eigenvalue weighted by Gasteiger charge is -2.30. The van der Waals surface area contributed by atoms with Gasteiger partial charge in [0, 0.05) is 30.9 Å². The summed E-state index contributed by atoms with van der Waals surface area (Å²) in [5.74, 6) is 0.769. The zero-order valence-electron chi connectivity index (χ0n) is 11.5. The van der Waals surface area contributed by atoms with Gasteiger partial charge in [0.2, 0.25) is 0 Å². The molecule has 1 aliphatic heterocycles. The van der Waals surface area contributed by atoms with Crippen molar-refractivity contribution >= 4 is 5.69 Å². The highest BCUT2D eigenvalue weighted by atomic mass is 19.1. The second kappa shape index (κ2) is 5.58. The van der Waals surface area contributed by atoms with Gasteiger partial charge in [0.05, 0.1) is 6.54 Å². The summed E-state index contributed by atoms with van der Waals surface area (Å²) in [4.78, 5) is 2.17. The highest BCUT2D eigenvalue weighted by molar-refractivity contribution is 5.54. The first kappa shape index (κ1) is 13.1. The summed E-state index contributed by atoms with van der Waals surface area (Å²) in [6.07, 6.45) is 1.75. The van der Waals surface area contributed by atoms with Crippen molar-refractivity contribution < 1.29 is 4.39 Å². The summed E-state index contributed by atoms with van der Waals surface area (Å²) in [6.45, 7) is 5.73. The molecule has 20 heavy (non-hydrogen) atoms. The highest BCUT2D eigenvalue weighted by Gasteiger charge is 2.21. The van der Waals surface area contributed by atoms with Crippen molar-refractivity contribution in [1.82, 2.24) is 20.1 Å². The summed E-state index contributed by atoms with van der Waals surface area (Å²) in [5.41, 5.74) is 1.67. The second-order valence-electron chi connectivity index (χ2n) is 4.88. The van der Waals surface area contributed by atoms with E-state index in [1.54, 1.807) is 12.4 Å². The van der Waals surface area contributed by atoms with Gasteiger partial charge in [-0.3, -0.25) is 0 Å². The molecule has 1 aromatic heterocycles. The summed E-state index contributed by atoms with van der Waals surface area (Å²) < 4.78 is 16.1. The Balaban J connectivity index is 1.89. The topological polar surface area (TPSA) is 46.0 Å². The van der Waals surface area contributed by atoms with Crippen molar-refractivity contribution in [3.63, 3.8) is 0 Å². The monoisotopic (exact) mass is 275 g/mol. The number of nitrogens with one attached hydrogen (secondary N) is 1. The van der Waals surface area contributed by atoms with Gasteiger partial charge in [-0.1, -0.05) is 13.0 Å². The first-order valence-corrected chi connectivity index (χ1v) is 6.89. The van der Waals surface area contributed by atoms with Crippen LogP contribution in [0.3, 0.4) is 0 Å². The Morgan fingerprint density at radius 3 is 3.10 bits per heavy atom. The van der Waals surface area contributed by atoms with Gasteiger partial charge in [-0.25, -0.2) is 4.39 Å². The van der Waals surface area contributed by atoms with Crippen LogP contribution < -0.4 is 10.2 Å². The Hall–Kier alpha value is -1.95. The summed E-state index contributed by atoms with van der Waals surface area (Å²) in [5, 5.41) is 11.2. The van der Waals surface area contributed by atoms with Crippen molar-refractivity contribution in [2.45, 2.75) is 26.6 Å². The van der Waals surface area contributed by atoms with E-state index in [0.717, 1.165) is 36.7 Å². The molecule has 0 saturated carbocycles. The average molecular weight is 275 g/mol. The molecule has 0 bridgehead atoms. The van der Waals surface area contributed by atoms with E-state index in [1.807, 2.05) is 17.6 Å². The minimum atomic E-state index is -0.157. The Kier molecular flexibility index (Phi) is 3.64. The average Bonchev–Trinajstić information content (AvgIpc) is 2.93. The van der Waals surface area contributed by atoms with E-state index < -0.39 is 0 Å². The predicted molar refractivity (Wildman–Crippen MR) is 74.9 cm³/mol. The Morgan fingerprint density at radius 1 is 1.35 bits per heavy atom. The summed E-state index contributed by atoms with van der Waals surface area (Å²) >= 11 is 0. The molecule has 2 heterocycles. The van der Waals surface area contributed by atoms with Crippen LogP contribution in [-0.2, 0) is 19.6 Å². The highest BCUT2D eigenvalue weighted by Crippen LogP contribution is 2.26. The smallest absolute Gasteiger partial charge is 0.152 e. The number of hydrogen-bond acceptors (Lipinski definition) is 4. The van der Waals surface area contributed by atoms with Gasteiger partial charge < -0.3 is 14.8 Å². The van der Waals surface area contributed by atoms with E-state index >= 15 is 0 Å². The lowest BCUT2D eigenvalue weighted by Crippen LogP contribution is -2.34. The maximum absolute atomic E-state index is 14.1. The molecular formula is C14H18FN5. The van der Waals surface area contributed by atoms with Gasteiger partial charge in [0.25, 0.3) is 0 Å². The van der Waals surface area contributed by atoms with Crippen molar-refractivity contribution in [1.29, 1.82) is 0 Å². The zero-order valence-corrected chi connectivity index (χ0v) is 11.5. The first-order chi connectivity index (χ1) is 9.79. The van der Waals surface area contributed by atoms with Crippen LogP contribution in [-0.4, -0.2) is 27.9 Å². The number of aromatic nitrogens is 3. The minimum absolute atomic E-state index is 0.157. The number of rotatable bonds is 4. The van der Waals surface area contributed by atoms with E-state index in [1.165, 1.54) is 6.07 Å². The molecule has 0 amide bonds. The van der Waals surface area contributed by atoms with Crippen molar-refractivity contribution in [3.05, 3.63) is 41.7 Å². The third-order valence-corrected chi connectivity index (χ3v) is 3.63. The molecule has 5 nitrogen and oxygen atoms in total. The Morgan fingerprint density at radius 2 is 2.25 bits per heavy atom. The molecule has 106 valence electrons. The van der Waals surface area contributed by atoms with Gasteiger partial charge >= 0.3 is 0 Å². The Labute approximate surface area is 117 Å². The molecule has 0 atom stereocenters. The predicted octanol–water partition coefficient (Wildman–Crippen LogP) is 1.55. The van der Waals surface area contributed by atoms with Crippen molar-refractivity contribution in [3.8, 4) is 0 Å². The molecule has 2 aromatic rings. The summed E-state index contributed by atoms with van der Waals surface area (Å²) in [7, 11) is 0.